The van der Waals surface area contributed by atoms with Gasteiger partial charge in [-0.25, -0.2) is 4.98 Å². The maximum absolute atomic E-state index is 12.1. The third kappa shape index (κ3) is 4.63. The van der Waals surface area contributed by atoms with Gasteiger partial charge in [0.2, 0.25) is 11.8 Å². The number of benzene rings is 1. The molecule has 9 heteroatoms. The van der Waals surface area contributed by atoms with E-state index in [-0.39, 0.29) is 29.4 Å². The lowest BCUT2D eigenvalue weighted by Crippen LogP contribution is -2.29. The summed E-state index contributed by atoms with van der Waals surface area (Å²) in [5.74, 6) is 1.62. The van der Waals surface area contributed by atoms with Gasteiger partial charge in [0.1, 0.15) is 11.6 Å². The molecule has 0 saturated heterocycles. The minimum Gasteiger partial charge on any atom is -0.360 e. The Morgan fingerprint density at radius 1 is 1.27 bits per heavy atom. The van der Waals surface area contributed by atoms with E-state index in [1.807, 2.05) is 31.2 Å². The van der Waals surface area contributed by atoms with Crippen LogP contribution in [0.15, 0.2) is 34.9 Å². The van der Waals surface area contributed by atoms with E-state index >= 15 is 0 Å². The van der Waals surface area contributed by atoms with Crippen LogP contribution in [-0.4, -0.2) is 38.4 Å². The number of imidazole rings is 1. The predicted molar refractivity (Wildman–Crippen MR) is 99.8 cm³/mol. The first-order valence-electron chi connectivity index (χ1n) is 8.06. The van der Waals surface area contributed by atoms with Crippen molar-refractivity contribution in [3.8, 4) is 0 Å². The number of anilines is 1. The van der Waals surface area contributed by atoms with Crippen LogP contribution in [0.3, 0.4) is 0 Å². The van der Waals surface area contributed by atoms with Crippen molar-refractivity contribution in [3.05, 3.63) is 41.9 Å². The Kier molecular flexibility index (Phi) is 5.57. The zero-order chi connectivity index (χ0) is 18.5. The third-order valence-corrected chi connectivity index (χ3v) is 4.49. The number of aromatic amines is 1. The molecule has 0 bridgehead atoms. The molecule has 3 aromatic rings. The van der Waals surface area contributed by atoms with Gasteiger partial charge in [0.15, 0.2) is 5.82 Å². The summed E-state index contributed by atoms with van der Waals surface area (Å²) in [6, 6.07) is 9.07. The Bertz CT molecular complexity index is 887. The number of hydrogen-bond donors (Lipinski definition) is 3. The molecule has 0 radical (unpaired) electrons. The number of fused-ring (bicyclic) bond motifs is 1. The largest absolute Gasteiger partial charge is 0.360 e. The summed E-state index contributed by atoms with van der Waals surface area (Å²) in [6.45, 7) is 3.60. The highest BCUT2D eigenvalue weighted by Crippen LogP contribution is 2.15. The van der Waals surface area contributed by atoms with Crippen LogP contribution in [0.25, 0.3) is 11.0 Å². The van der Waals surface area contributed by atoms with Gasteiger partial charge in [-0.2, -0.15) is 0 Å². The number of rotatable bonds is 7. The molecule has 26 heavy (non-hydrogen) atoms. The number of aromatic nitrogens is 3. The predicted octanol–water partition coefficient (Wildman–Crippen LogP) is 2.41. The van der Waals surface area contributed by atoms with Crippen LogP contribution >= 0.6 is 11.8 Å². The van der Waals surface area contributed by atoms with E-state index in [1.54, 1.807) is 13.0 Å². The van der Waals surface area contributed by atoms with Crippen molar-refractivity contribution in [1.82, 2.24) is 20.4 Å². The molecular formula is C17H19N5O3S. The molecule has 2 amide bonds. The molecule has 2 aromatic heterocycles. The van der Waals surface area contributed by atoms with Gasteiger partial charge < -0.3 is 20.1 Å². The van der Waals surface area contributed by atoms with Gasteiger partial charge in [0.25, 0.3) is 0 Å². The lowest BCUT2D eigenvalue weighted by molar-refractivity contribution is -0.119. The second-order valence-corrected chi connectivity index (χ2v) is 6.78. The Morgan fingerprint density at radius 3 is 2.77 bits per heavy atom. The summed E-state index contributed by atoms with van der Waals surface area (Å²) in [6.07, 6.45) is 0. The lowest BCUT2D eigenvalue weighted by Gasteiger charge is -2.11. The summed E-state index contributed by atoms with van der Waals surface area (Å²) in [7, 11) is 0. The molecule has 0 spiro atoms. The van der Waals surface area contributed by atoms with Crippen LogP contribution < -0.4 is 10.6 Å². The Hall–Kier alpha value is -2.81. The number of aryl methyl sites for hydroxylation is 1. The minimum absolute atomic E-state index is 0.151. The number of para-hydroxylation sites is 2. The van der Waals surface area contributed by atoms with Gasteiger partial charge in [-0.1, -0.05) is 17.3 Å². The quantitative estimate of drug-likeness (QED) is 0.586. The Morgan fingerprint density at radius 2 is 2.04 bits per heavy atom. The van der Waals surface area contributed by atoms with Crippen molar-refractivity contribution in [3.63, 3.8) is 0 Å². The first-order chi connectivity index (χ1) is 12.5. The van der Waals surface area contributed by atoms with E-state index < -0.39 is 0 Å². The zero-order valence-electron chi connectivity index (χ0n) is 14.4. The maximum Gasteiger partial charge on any atom is 0.235 e. The van der Waals surface area contributed by atoms with Crippen molar-refractivity contribution < 1.29 is 14.1 Å². The number of carbonyl (C=O) groups is 2. The van der Waals surface area contributed by atoms with Gasteiger partial charge in [-0.15, -0.1) is 11.8 Å². The molecule has 2 heterocycles. The summed E-state index contributed by atoms with van der Waals surface area (Å²) in [5.41, 5.74) is 1.79. The minimum atomic E-state index is -0.248. The van der Waals surface area contributed by atoms with E-state index in [2.05, 4.69) is 25.8 Å². The number of nitrogens with one attached hydrogen (secondary N) is 3. The topological polar surface area (TPSA) is 113 Å². The number of H-pyrrole nitrogens is 1. The van der Waals surface area contributed by atoms with E-state index in [9.17, 15) is 9.59 Å². The molecule has 0 saturated carbocycles. The van der Waals surface area contributed by atoms with Crippen LogP contribution in [0.1, 0.15) is 24.6 Å². The second-order valence-electron chi connectivity index (χ2n) is 5.79. The molecule has 0 aliphatic heterocycles. The highest BCUT2D eigenvalue weighted by molar-refractivity contribution is 8.00. The molecule has 1 aromatic carbocycles. The van der Waals surface area contributed by atoms with Crippen molar-refractivity contribution >= 4 is 40.4 Å². The summed E-state index contributed by atoms with van der Waals surface area (Å²) < 4.78 is 4.87. The van der Waals surface area contributed by atoms with Gasteiger partial charge in [0.05, 0.1) is 28.6 Å². The van der Waals surface area contributed by atoms with Crippen molar-refractivity contribution in [1.29, 1.82) is 0 Å². The standard InChI is InChI=1S/C17H19N5O3S/c1-10-7-14(22-25-10)21-16(24)9-26-8-15(23)18-11(2)17-19-12-5-3-4-6-13(12)20-17/h3-7,11H,8-9H2,1-2H3,(H,18,23)(H,19,20)(H,21,22,24). The fraction of sp³-hybridized carbons (Fsp3) is 0.294. The number of amides is 2. The van der Waals surface area contributed by atoms with Crippen LogP contribution in [0.5, 0.6) is 0 Å². The van der Waals surface area contributed by atoms with Crippen LogP contribution in [0.2, 0.25) is 0 Å². The molecule has 1 atom stereocenters. The number of hydrogen-bond acceptors (Lipinski definition) is 6. The van der Waals surface area contributed by atoms with Crippen molar-refractivity contribution in [2.45, 2.75) is 19.9 Å². The first kappa shape index (κ1) is 18.0. The second kappa shape index (κ2) is 8.05. The number of thioether (sulfide) groups is 1. The normalized spacial score (nSPS) is 12.1. The zero-order valence-corrected chi connectivity index (χ0v) is 15.2. The molecular weight excluding hydrogens is 354 g/mol. The maximum atomic E-state index is 12.1. The van der Waals surface area contributed by atoms with E-state index in [0.29, 0.717) is 17.4 Å². The molecule has 8 nitrogen and oxygen atoms in total. The van der Waals surface area contributed by atoms with Crippen molar-refractivity contribution in [2.75, 3.05) is 16.8 Å². The Labute approximate surface area is 154 Å². The third-order valence-electron chi connectivity index (χ3n) is 3.56. The van der Waals surface area contributed by atoms with E-state index in [0.717, 1.165) is 11.0 Å². The summed E-state index contributed by atoms with van der Waals surface area (Å²) in [5, 5.41) is 9.16. The highest BCUT2D eigenvalue weighted by Gasteiger charge is 2.14. The van der Waals surface area contributed by atoms with Gasteiger partial charge in [-0.3, -0.25) is 9.59 Å². The summed E-state index contributed by atoms with van der Waals surface area (Å²) >= 11 is 1.22. The molecule has 0 aliphatic rings. The fourth-order valence-electron chi connectivity index (χ4n) is 2.37. The molecule has 3 rings (SSSR count). The van der Waals surface area contributed by atoms with Crippen LogP contribution in [0.4, 0.5) is 5.82 Å². The molecule has 3 N–H and O–H groups in total. The monoisotopic (exact) mass is 373 g/mol. The first-order valence-corrected chi connectivity index (χ1v) is 9.21. The van der Waals surface area contributed by atoms with E-state index in [1.165, 1.54) is 11.8 Å². The average molecular weight is 373 g/mol. The molecule has 0 fully saturated rings. The SMILES string of the molecule is Cc1cc(NC(=O)CSCC(=O)NC(C)c2nc3ccccc3[nH]2)no1. The number of carbonyl (C=O) groups excluding carboxylic acids is 2. The Balaban J connectivity index is 1.42. The molecule has 1 unspecified atom stereocenters. The van der Waals surface area contributed by atoms with Gasteiger partial charge in [-0.05, 0) is 26.0 Å². The summed E-state index contributed by atoms with van der Waals surface area (Å²) in [4.78, 5) is 31.5. The van der Waals surface area contributed by atoms with Gasteiger partial charge >= 0.3 is 0 Å². The van der Waals surface area contributed by atoms with Crippen LogP contribution in [-0.2, 0) is 9.59 Å². The lowest BCUT2D eigenvalue weighted by atomic mass is 10.3. The molecule has 136 valence electrons. The average Bonchev–Trinajstić information content (AvgIpc) is 3.20. The van der Waals surface area contributed by atoms with Crippen LogP contribution in [0, 0.1) is 6.92 Å². The van der Waals surface area contributed by atoms with Crippen molar-refractivity contribution in [2.24, 2.45) is 0 Å². The smallest absolute Gasteiger partial charge is 0.235 e. The number of nitrogens with zero attached hydrogens (tertiary/aromatic N) is 2. The highest BCUT2D eigenvalue weighted by atomic mass is 32.2. The molecule has 0 aliphatic carbocycles. The fourth-order valence-corrected chi connectivity index (χ4v) is 3.00. The van der Waals surface area contributed by atoms with Gasteiger partial charge in [0, 0.05) is 6.07 Å². The van der Waals surface area contributed by atoms with E-state index in [4.69, 9.17) is 4.52 Å².